The number of carbonyl (C=O) groups is 2. The van der Waals surface area contributed by atoms with Crippen LogP contribution in [0, 0.1) is 12.7 Å². The Balaban J connectivity index is 1.60. The number of benzene rings is 2. The topological polar surface area (TPSA) is 71.5 Å². The maximum atomic E-state index is 13.3. The van der Waals surface area contributed by atoms with E-state index in [-0.39, 0.29) is 42.2 Å². The molecule has 0 unspecified atom stereocenters. The summed E-state index contributed by atoms with van der Waals surface area (Å²) in [7, 11) is 0. The number of hydrogen-bond donors (Lipinski definition) is 1. The second-order valence-corrected chi connectivity index (χ2v) is 6.73. The highest BCUT2D eigenvalue weighted by Gasteiger charge is 2.30. The van der Waals surface area contributed by atoms with E-state index in [2.05, 4.69) is 10.3 Å². The molecule has 6 nitrogen and oxygen atoms in total. The summed E-state index contributed by atoms with van der Waals surface area (Å²) < 4.78 is 19.2. The van der Waals surface area contributed by atoms with E-state index in [4.69, 9.17) is 4.74 Å². The Morgan fingerprint density at radius 3 is 2.86 bits per heavy atom. The summed E-state index contributed by atoms with van der Waals surface area (Å²) in [5, 5.41) is 2.73. The molecule has 146 valence electrons. The molecule has 4 rings (SSSR count). The molecule has 2 aromatic carbocycles. The lowest BCUT2D eigenvalue weighted by molar-refractivity contribution is -0.119. The summed E-state index contributed by atoms with van der Waals surface area (Å²) in [6.45, 7) is 1.85. The number of nitrogens with one attached hydrogen (secondary N) is 1. The standard InChI is InChI=1S/C22H18FN3O3/c1-14-7-8-19-18(10-14)26(22(28)17-6-3-9-24-21(17)29-19)13-20(27)25-12-15-4-2-5-16(23)11-15/h2-11H,12-13H2,1H3,(H,25,27). The van der Waals surface area contributed by atoms with Crippen molar-refractivity contribution < 1.29 is 18.7 Å². The van der Waals surface area contributed by atoms with Gasteiger partial charge in [0.1, 0.15) is 17.9 Å². The number of aryl methyl sites for hydroxylation is 1. The third-order valence-corrected chi connectivity index (χ3v) is 4.54. The van der Waals surface area contributed by atoms with E-state index in [1.54, 1.807) is 42.6 Å². The van der Waals surface area contributed by atoms with Crippen LogP contribution in [0.5, 0.6) is 11.6 Å². The molecule has 2 amide bonds. The average Bonchev–Trinajstić information content (AvgIpc) is 2.82. The minimum Gasteiger partial charge on any atom is -0.436 e. The summed E-state index contributed by atoms with van der Waals surface area (Å²) >= 11 is 0. The number of fused-ring (bicyclic) bond motifs is 2. The van der Waals surface area contributed by atoms with Crippen LogP contribution in [-0.4, -0.2) is 23.3 Å². The van der Waals surface area contributed by atoms with Crippen molar-refractivity contribution in [1.29, 1.82) is 0 Å². The molecular formula is C22H18FN3O3. The van der Waals surface area contributed by atoms with Crippen LogP contribution in [0.15, 0.2) is 60.8 Å². The highest BCUT2D eigenvalue weighted by atomic mass is 19.1. The van der Waals surface area contributed by atoms with E-state index in [9.17, 15) is 14.0 Å². The molecular weight excluding hydrogens is 373 g/mol. The van der Waals surface area contributed by atoms with E-state index in [1.807, 2.05) is 13.0 Å². The minimum atomic E-state index is -0.377. The molecule has 1 aromatic heterocycles. The zero-order valence-corrected chi connectivity index (χ0v) is 15.7. The Bertz CT molecular complexity index is 1100. The average molecular weight is 391 g/mol. The first-order valence-corrected chi connectivity index (χ1v) is 9.08. The third-order valence-electron chi connectivity index (χ3n) is 4.54. The quantitative estimate of drug-likeness (QED) is 0.738. The summed E-state index contributed by atoms with van der Waals surface area (Å²) in [6.07, 6.45) is 1.54. The molecule has 0 radical (unpaired) electrons. The van der Waals surface area contributed by atoms with Gasteiger partial charge in [0, 0.05) is 12.7 Å². The number of carbonyl (C=O) groups excluding carboxylic acids is 2. The predicted molar refractivity (Wildman–Crippen MR) is 105 cm³/mol. The van der Waals surface area contributed by atoms with Gasteiger partial charge in [-0.1, -0.05) is 18.2 Å². The van der Waals surface area contributed by atoms with Crippen LogP contribution in [0.1, 0.15) is 21.5 Å². The van der Waals surface area contributed by atoms with Crippen LogP contribution in [0.25, 0.3) is 0 Å². The zero-order valence-electron chi connectivity index (χ0n) is 15.7. The van der Waals surface area contributed by atoms with E-state index in [1.165, 1.54) is 17.0 Å². The fraction of sp³-hybridized carbons (Fsp3) is 0.136. The minimum absolute atomic E-state index is 0.161. The van der Waals surface area contributed by atoms with Gasteiger partial charge >= 0.3 is 0 Å². The van der Waals surface area contributed by atoms with Gasteiger partial charge in [-0.25, -0.2) is 9.37 Å². The van der Waals surface area contributed by atoms with E-state index in [0.717, 1.165) is 5.56 Å². The molecule has 0 spiro atoms. The van der Waals surface area contributed by atoms with Gasteiger partial charge in [-0.15, -0.1) is 0 Å². The second kappa shape index (κ2) is 7.71. The molecule has 0 saturated heterocycles. The van der Waals surface area contributed by atoms with Crippen LogP contribution in [-0.2, 0) is 11.3 Å². The van der Waals surface area contributed by atoms with Gasteiger partial charge in [-0.3, -0.25) is 14.5 Å². The highest BCUT2D eigenvalue weighted by Crippen LogP contribution is 2.38. The van der Waals surface area contributed by atoms with Gasteiger partial charge in [0.15, 0.2) is 5.75 Å². The van der Waals surface area contributed by atoms with Gasteiger partial charge in [-0.05, 0) is 54.4 Å². The molecule has 1 aliphatic rings. The molecule has 3 aromatic rings. The Morgan fingerprint density at radius 1 is 1.17 bits per heavy atom. The van der Waals surface area contributed by atoms with Crippen molar-refractivity contribution in [2.24, 2.45) is 0 Å². The Kier molecular flexibility index (Phi) is 4.95. The molecule has 29 heavy (non-hydrogen) atoms. The number of aromatic nitrogens is 1. The third kappa shape index (κ3) is 3.94. The monoisotopic (exact) mass is 391 g/mol. The van der Waals surface area contributed by atoms with Crippen molar-refractivity contribution in [3.8, 4) is 11.6 Å². The van der Waals surface area contributed by atoms with Gasteiger partial charge in [0.2, 0.25) is 11.8 Å². The van der Waals surface area contributed by atoms with Crippen molar-refractivity contribution >= 4 is 17.5 Å². The molecule has 7 heteroatoms. The zero-order chi connectivity index (χ0) is 20.4. The number of halogens is 1. The van der Waals surface area contributed by atoms with Crippen LogP contribution >= 0.6 is 0 Å². The van der Waals surface area contributed by atoms with E-state index >= 15 is 0 Å². The summed E-state index contributed by atoms with van der Waals surface area (Å²) in [5.74, 6) is -0.476. The first-order valence-electron chi connectivity index (χ1n) is 9.08. The Hall–Kier alpha value is -3.74. The van der Waals surface area contributed by atoms with E-state index in [0.29, 0.717) is 17.0 Å². The molecule has 0 atom stereocenters. The van der Waals surface area contributed by atoms with Crippen molar-refractivity contribution in [1.82, 2.24) is 10.3 Å². The molecule has 1 N–H and O–H groups in total. The molecule has 1 aliphatic heterocycles. The lowest BCUT2D eigenvalue weighted by Gasteiger charge is -2.22. The van der Waals surface area contributed by atoms with E-state index < -0.39 is 0 Å². The lowest BCUT2D eigenvalue weighted by Crippen LogP contribution is -2.40. The van der Waals surface area contributed by atoms with Crippen molar-refractivity contribution in [3.05, 3.63) is 83.3 Å². The Labute approximate surface area is 166 Å². The van der Waals surface area contributed by atoms with Gasteiger partial charge in [-0.2, -0.15) is 0 Å². The first kappa shape index (κ1) is 18.6. The first-order chi connectivity index (χ1) is 14.0. The lowest BCUT2D eigenvalue weighted by atomic mass is 10.1. The number of hydrogen-bond acceptors (Lipinski definition) is 4. The molecule has 0 bridgehead atoms. The predicted octanol–water partition coefficient (Wildman–Crippen LogP) is 3.60. The fourth-order valence-electron chi connectivity index (χ4n) is 3.12. The normalized spacial score (nSPS) is 12.5. The van der Waals surface area contributed by atoms with Crippen LogP contribution in [0.2, 0.25) is 0 Å². The van der Waals surface area contributed by atoms with Gasteiger partial charge in [0.05, 0.1) is 5.69 Å². The number of nitrogens with zero attached hydrogens (tertiary/aromatic N) is 2. The SMILES string of the molecule is Cc1ccc2c(c1)N(CC(=O)NCc1cccc(F)c1)C(=O)c1cccnc1O2. The number of anilines is 1. The van der Waals surface area contributed by atoms with Crippen molar-refractivity contribution in [3.63, 3.8) is 0 Å². The second-order valence-electron chi connectivity index (χ2n) is 6.73. The summed E-state index contributed by atoms with van der Waals surface area (Å²) in [6, 6.07) is 14.6. The molecule has 2 heterocycles. The summed E-state index contributed by atoms with van der Waals surface area (Å²) in [5.41, 5.74) is 2.33. The highest BCUT2D eigenvalue weighted by molar-refractivity contribution is 6.11. The number of ether oxygens (including phenoxy) is 1. The van der Waals surface area contributed by atoms with Crippen LogP contribution in [0.3, 0.4) is 0 Å². The van der Waals surface area contributed by atoms with Gasteiger partial charge < -0.3 is 10.1 Å². The molecule has 0 saturated carbocycles. The fourth-order valence-corrected chi connectivity index (χ4v) is 3.12. The van der Waals surface area contributed by atoms with Crippen molar-refractivity contribution in [2.75, 3.05) is 11.4 Å². The summed E-state index contributed by atoms with van der Waals surface area (Å²) in [4.78, 5) is 31.2. The maximum Gasteiger partial charge on any atom is 0.264 e. The van der Waals surface area contributed by atoms with Gasteiger partial charge in [0.25, 0.3) is 5.91 Å². The number of rotatable bonds is 4. The maximum absolute atomic E-state index is 13.3. The van der Waals surface area contributed by atoms with Crippen LogP contribution in [0.4, 0.5) is 10.1 Å². The number of amides is 2. The van der Waals surface area contributed by atoms with Crippen LogP contribution < -0.4 is 15.0 Å². The van der Waals surface area contributed by atoms with Crippen molar-refractivity contribution in [2.45, 2.75) is 13.5 Å². The molecule has 0 aliphatic carbocycles. The smallest absolute Gasteiger partial charge is 0.264 e. The largest absolute Gasteiger partial charge is 0.436 e. The Morgan fingerprint density at radius 2 is 2.03 bits per heavy atom. The molecule has 0 fully saturated rings. The number of pyridine rings is 1.